The summed E-state index contributed by atoms with van der Waals surface area (Å²) in [6, 6.07) is 5.26. The van der Waals surface area contributed by atoms with Gasteiger partial charge in [0.1, 0.15) is 11.0 Å². The minimum Gasteiger partial charge on any atom is -0.479 e. The Balaban J connectivity index is 0.00000306. The highest BCUT2D eigenvalue weighted by Crippen LogP contribution is 2.32. The fourth-order valence-electron chi connectivity index (χ4n) is 3.33. The maximum absolute atomic E-state index is 12.0. The van der Waals surface area contributed by atoms with E-state index in [1.807, 2.05) is 19.9 Å². The lowest BCUT2D eigenvalue weighted by Crippen LogP contribution is -2.11. The second-order valence-electron chi connectivity index (χ2n) is 7.00. The molecule has 3 heterocycles. The molecule has 0 aliphatic heterocycles. The molecule has 1 atom stereocenters. The predicted molar refractivity (Wildman–Crippen MR) is 130 cm³/mol. The van der Waals surface area contributed by atoms with Gasteiger partial charge in [0.05, 0.1) is 47.3 Å². The summed E-state index contributed by atoms with van der Waals surface area (Å²) < 4.78 is 13.8. The van der Waals surface area contributed by atoms with Gasteiger partial charge >= 0.3 is 5.97 Å². The number of rotatable bonds is 6. The van der Waals surface area contributed by atoms with Crippen LogP contribution in [0, 0.1) is 6.92 Å². The van der Waals surface area contributed by atoms with Crippen molar-refractivity contribution >= 4 is 53.7 Å². The van der Waals surface area contributed by atoms with Crippen LogP contribution in [0.5, 0.6) is 5.88 Å². The van der Waals surface area contributed by atoms with Gasteiger partial charge in [0, 0.05) is 6.20 Å². The van der Waals surface area contributed by atoms with E-state index in [9.17, 15) is 4.79 Å². The minimum absolute atomic E-state index is 0. The van der Waals surface area contributed by atoms with Crippen molar-refractivity contribution in [3.8, 4) is 11.8 Å². The van der Waals surface area contributed by atoms with Crippen LogP contribution in [0.15, 0.2) is 30.6 Å². The number of aromatic nitrogens is 6. The van der Waals surface area contributed by atoms with E-state index in [-0.39, 0.29) is 32.1 Å². The van der Waals surface area contributed by atoms with Crippen LogP contribution < -0.4 is 4.74 Å². The van der Waals surface area contributed by atoms with Crippen molar-refractivity contribution in [3.05, 3.63) is 57.5 Å². The molecule has 0 aliphatic rings. The van der Waals surface area contributed by atoms with Crippen molar-refractivity contribution in [2.75, 3.05) is 13.7 Å². The average Bonchev–Trinajstić information content (AvgIpc) is 3.40. The summed E-state index contributed by atoms with van der Waals surface area (Å²) in [4.78, 5) is 21.1. The molecule has 9 nitrogen and oxygen atoms in total. The Morgan fingerprint density at radius 1 is 1.21 bits per heavy atom. The molecule has 33 heavy (non-hydrogen) atoms. The molecular weight excluding hydrogens is 487 g/mol. The first-order valence-electron chi connectivity index (χ1n) is 9.82. The van der Waals surface area contributed by atoms with Crippen molar-refractivity contribution in [1.29, 1.82) is 0 Å². The number of carbonyl (C=O) groups is 1. The number of methoxy groups -OCH3 is 1. The van der Waals surface area contributed by atoms with Crippen LogP contribution in [0.2, 0.25) is 10.0 Å². The average molecular weight is 509 g/mol. The summed E-state index contributed by atoms with van der Waals surface area (Å²) in [5, 5.41) is 9.81. The number of esters is 1. The molecule has 0 saturated carbocycles. The molecule has 174 valence electrons. The van der Waals surface area contributed by atoms with E-state index in [4.69, 9.17) is 32.7 Å². The normalized spacial score (nSPS) is 11.8. The van der Waals surface area contributed by atoms with Crippen molar-refractivity contribution < 1.29 is 14.3 Å². The van der Waals surface area contributed by atoms with Crippen molar-refractivity contribution in [3.63, 3.8) is 0 Å². The Morgan fingerprint density at radius 3 is 2.64 bits per heavy atom. The first-order valence-corrected chi connectivity index (χ1v) is 10.6. The Labute approximate surface area is 207 Å². The van der Waals surface area contributed by atoms with Crippen LogP contribution in [0.4, 0.5) is 0 Å². The lowest BCUT2D eigenvalue weighted by Gasteiger charge is -2.16. The van der Waals surface area contributed by atoms with Crippen LogP contribution in [0.3, 0.4) is 0 Å². The maximum Gasteiger partial charge on any atom is 0.341 e. The van der Waals surface area contributed by atoms with Gasteiger partial charge in [-0.15, -0.1) is 0 Å². The number of nitrogens with zero attached hydrogens (tertiary/aromatic N) is 6. The first-order chi connectivity index (χ1) is 15.3. The third kappa shape index (κ3) is 4.64. The SMILES string of the molecule is CCOC(=O)c1cnn(-c2nc(OC)c3c(n2)c(C)nn3[C@@H](C)c2ccc(Cl)c(Cl)c2)c1.S. The summed E-state index contributed by atoms with van der Waals surface area (Å²) in [5.41, 5.74) is 3.14. The predicted octanol–water partition coefficient (Wildman–Crippen LogP) is 4.53. The number of benzene rings is 1. The third-order valence-electron chi connectivity index (χ3n) is 4.95. The van der Waals surface area contributed by atoms with E-state index in [2.05, 4.69) is 20.2 Å². The quantitative estimate of drug-likeness (QED) is 0.352. The Hall–Kier alpha value is -2.82. The van der Waals surface area contributed by atoms with E-state index in [1.165, 1.54) is 24.2 Å². The summed E-state index contributed by atoms with van der Waals surface area (Å²) in [7, 11) is 1.52. The highest BCUT2D eigenvalue weighted by molar-refractivity contribution is 7.59. The Morgan fingerprint density at radius 2 is 1.97 bits per heavy atom. The molecule has 0 saturated heterocycles. The lowest BCUT2D eigenvalue weighted by atomic mass is 10.1. The molecule has 1 aromatic carbocycles. The lowest BCUT2D eigenvalue weighted by molar-refractivity contribution is 0.0526. The van der Waals surface area contributed by atoms with Gasteiger partial charge in [-0.1, -0.05) is 29.3 Å². The zero-order chi connectivity index (χ0) is 23.0. The molecule has 4 aromatic rings. The van der Waals surface area contributed by atoms with Gasteiger partial charge in [-0.3, -0.25) is 4.68 Å². The van der Waals surface area contributed by atoms with Gasteiger partial charge in [0.2, 0.25) is 5.88 Å². The Bertz CT molecular complexity index is 1320. The fraction of sp³-hybridized carbons (Fsp3) is 0.286. The van der Waals surface area contributed by atoms with Gasteiger partial charge < -0.3 is 9.47 Å². The molecule has 0 radical (unpaired) electrons. The second kappa shape index (κ2) is 9.98. The standard InChI is InChI=1S/C21H20Cl2N6O3.H2S/c1-5-32-20(30)14-9-24-28(10-14)21-25-17-11(2)27-29(18(17)19(26-21)31-4)12(3)13-6-7-15(22)16(23)8-13;/h6-10,12H,5H2,1-4H3;1H2/t12-;/m0./s1. The molecule has 0 N–H and O–H groups in total. The Kier molecular flexibility index (Phi) is 7.51. The molecule has 0 fully saturated rings. The number of fused-ring (bicyclic) bond motifs is 1. The highest BCUT2D eigenvalue weighted by Gasteiger charge is 2.23. The molecule has 12 heteroatoms. The monoisotopic (exact) mass is 508 g/mol. The van der Waals surface area contributed by atoms with Crippen LogP contribution in [-0.2, 0) is 4.74 Å². The van der Waals surface area contributed by atoms with E-state index in [0.717, 1.165) is 5.56 Å². The van der Waals surface area contributed by atoms with Crippen LogP contribution >= 0.6 is 36.7 Å². The summed E-state index contributed by atoms with van der Waals surface area (Å²) >= 11 is 12.3. The molecule has 3 aromatic heterocycles. The van der Waals surface area contributed by atoms with Crippen LogP contribution in [-0.4, -0.2) is 49.2 Å². The highest BCUT2D eigenvalue weighted by atomic mass is 35.5. The van der Waals surface area contributed by atoms with Crippen molar-refractivity contribution in [2.24, 2.45) is 0 Å². The van der Waals surface area contributed by atoms with Crippen molar-refractivity contribution in [2.45, 2.75) is 26.8 Å². The van der Waals surface area contributed by atoms with E-state index < -0.39 is 5.97 Å². The van der Waals surface area contributed by atoms with Gasteiger partial charge in [0.25, 0.3) is 5.95 Å². The summed E-state index contributed by atoms with van der Waals surface area (Å²) in [6.45, 7) is 5.85. The van der Waals surface area contributed by atoms with Crippen LogP contribution in [0.1, 0.15) is 41.5 Å². The van der Waals surface area contributed by atoms with E-state index in [1.54, 1.807) is 23.7 Å². The number of aryl methyl sites for hydroxylation is 1. The molecule has 0 amide bonds. The second-order valence-corrected chi connectivity index (χ2v) is 7.82. The molecular formula is C21H22Cl2N6O3S. The molecule has 0 aliphatic carbocycles. The first kappa shape index (κ1) is 24.8. The van der Waals surface area contributed by atoms with Gasteiger partial charge in [-0.05, 0) is 38.5 Å². The number of ether oxygens (including phenoxy) is 2. The fourth-order valence-corrected chi connectivity index (χ4v) is 3.64. The number of hydrogen-bond acceptors (Lipinski definition) is 7. The largest absolute Gasteiger partial charge is 0.479 e. The van der Waals surface area contributed by atoms with Crippen molar-refractivity contribution in [1.82, 2.24) is 29.5 Å². The van der Waals surface area contributed by atoms with Crippen LogP contribution in [0.25, 0.3) is 17.0 Å². The molecule has 0 bridgehead atoms. The van der Waals surface area contributed by atoms with E-state index >= 15 is 0 Å². The zero-order valence-electron chi connectivity index (χ0n) is 18.3. The summed E-state index contributed by atoms with van der Waals surface area (Å²) in [6.07, 6.45) is 2.91. The molecule has 0 unspecified atom stereocenters. The molecule has 0 spiro atoms. The number of hydrogen-bond donors (Lipinski definition) is 0. The summed E-state index contributed by atoms with van der Waals surface area (Å²) in [5.74, 6) is 0.103. The van der Waals surface area contributed by atoms with Gasteiger partial charge in [-0.2, -0.15) is 28.7 Å². The minimum atomic E-state index is -0.466. The zero-order valence-corrected chi connectivity index (χ0v) is 20.8. The van der Waals surface area contributed by atoms with E-state index in [0.29, 0.717) is 38.2 Å². The third-order valence-corrected chi connectivity index (χ3v) is 5.69. The number of carbonyl (C=O) groups excluding carboxylic acids is 1. The van der Waals surface area contributed by atoms with Gasteiger partial charge in [0.15, 0.2) is 0 Å². The molecule has 4 rings (SSSR count). The topological polar surface area (TPSA) is 96.9 Å². The number of halogens is 2. The maximum atomic E-state index is 12.0. The smallest absolute Gasteiger partial charge is 0.341 e. The van der Waals surface area contributed by atoms with Gasteiger partial charge in [-0.25, -0.2) is 14.5 Å².